The van der Waals surface area contributed by atoms with Crippen LogP contribution in [0.3, 0.4) is 0 Å². The van der Waals surface area contributed by atoms with E-state index in [1.54, 1.807) is 18.4 Å². The molecule has 1 N–H and O–H groups in total. The molecule has 1 aliphatic rings. The topological polar surface area (TPSA) is 41.1 Å². The molecule has 0 saturated carbocycles. The largest absolute Gasteiger partial charge is 0.496 e. The zero-order chi connectivity index (χ0) is 18.2. The Labute approximate surface area is 162 Å². The Balaban J connectivity index is 1.67. The van der Waals surface area contributed by atoms with E-state index in [1.807, 2.05) is 23.7 Å². The number of aromatic nitrogens is 2. The molecular weight excluding hydrogens is 354 g/mol. The summed E-state index contributed by atoms with van der Waals surface area (Å²) in [6.07, 6.45) is 2.92. The van der Waals surface area contributed by atoms with Crippen molar-refractivity contribution in [2.45, 2.75) is 19.0 Å². The Hall–Kier alpha value is -2.63. The zero-order valence-electron chi connectivity index (χ0n) is 15.2. The van der Waals surface area contributed by atoms with Gasteiger partial charge in [0.1, 0.15) is 10.8 Å². The molecule has 0 bridgehead atoms. The summed E-state index contributed by atoms with van der Waals surface area (Å²) in [6, 6.07) is 17.1. The summed E-state index contributed by atoms with van der Waals surface area (Å²) in [7, 11) is 1.75. The van der Waals surface area contributed by atoms with Gasteiger partial charge in [-0.2, -0.15) is 0 Å². The number of hydrogen-bond donors (Lipinski definition) is 1. The third-order valence-electron chi connectivity index (χ3n) is 5.39. The second kappa shape index (κ2) is 6.83. The van der Waals surface area contributed by atoms with Gasteiger partial charge < -0.3 is 9.72 Å². The van der Waals surface area contributed by atoms with Gasteiger partial charge in [-0.15, -0.1) is 11.3 Å². The zero-order valence-corrected chi connectivity index (χ0v) is 16.0. The maximum Gasteiger partial charge on any atom is 0.124 e. The lowest BCUT2D eigenvalue weighted by molar-refractivity contribution is 0.198. The normalized spacial score (nSPS) is 17.1. The number of thiazole rings is 1. The molecule has 4 aromatic rings. The van der Waals surface area contributed by atoms with Crippen molar-refractivity contribution in [3.63, 3.8) is 0 Å². The number of benzene rings is 2. The summed E-state index contributed by atoms with van der Waals surface area (Å²) >= 11 is 1.72. The van der Waals surface area contributed by atoms with Crippen LogP contribution >= 0.6 is 11.3 Å². The number of hydrogen-bond acceptors (Lipinski definition) is 4. The number of aromatic amines is 1. The molecule has 27 heavy (non-hydrogen) atoms. The first kappa shape index (κ1) is 16.5. The van der Waals surface area contributed by atoms with Crippen molar-refractivity contribution in [2.24, 2.45) is 0 Å². The van der Waals surface area contributed by atoms with E-state index in [0.29, 0.717) is 0 Å². The fraction of sp³-hybridized carbons (Fsp3) is 0.227. The van der Waals surface area contributed by atoms with Gasteiger partial charge in [-0.25, -0.2) is 4.98 Å². The van der Waals surface area contributed by atoms with E-state index in [1.165, 1.54) is 27.7 Å². The van der Waals surface area contributed by atoms with Gasteiger partial charge in [0.15, 0.2) is 0 Å². The first-order valence-corrected chi connectivity index (χ1v) is 10.1. The summed E-state index contributed by atoms with van der Waals surface area (Å²) in [6.45, 7) is 1.84. The molecule has 1 aliphatic heterocycles. The lowest BCUT2D eigenvalue weighted by Gasteiger charge is -2.36. The van der Waals surface area contributed by atoms with Gasteiger partial charge in [0.25, 0.3) is 0 Å². The number of methoxy groups -OCH3 is 1. The van der Waals surface area contributed by atoms with Crippen molar-refractivity contribution in [1.82, 2.24) is 14.9 Å². The van der Waals surface area contributed by atoms with Crippen molar-refractivity contribution in [3.8, 4) is 5.75 Å². The van der Waals surface area contributed by atoms with Crippen LogP contribution in [0.4, 0.5) is 0 Å². The molecule has 5 heteroatoms. The van der Waals surface area contributed by atoms with Crippen molar-refractivity contribution < 1.29 is 4.74 Å². The van der Waals surface area contributed by atoms with Crippen LogP contribution in [0.2, 0.25) is 0 Å². The maximum atomic E-state index is 5.72. The molecule has 0 spiro atoms. The maximum absolute atomic E-state index is 5.72. The first-order valence-electron chi connectivity index (χ1n) is 9.20. The molecule has 2 aromatic heterocycles. The Morgan fingerprint density at radius 2 is 2.04 bits per heavy atom. The Morgan fingerprint density at radius 1 is 1.19 bits per heavy atom. The second-order valence-corrected chi connectivity index (χ2v) is 7.83. The minimum absolute atomic E-state index is 0.126. The number of ether oxygens (including phenoxy) is 1. The van der Waals surface area contributed by atoms with Crippen LogP contribution in [0.15, 0.2) is 60.1 Å². The molecule has 3 heterocycles. The molecule has 2 aromatic carbocycles. The monoisotopic (exact) mass is 375 g/mol. The van der Waals surface area contributed by atoms with Crippen LogP contribution in [0.1, 0.15) is 27.9 Å². The SMILES string of the molecule is COc1ccccc1C1c2[nH]c3ccccc3c2CCN1Cc1nccs1. The van der Waals surface area contributed by atoms with Gasteiger partial charge in [-0.1, -0.05) is 36.4 Å². The van der Waals surface area contributed by atoms with Gasteiger partial charge in [-0.3, -0.25) is 4.90 Å². The Morgan fingerprint density at radius 3 is 2.89 bits per heavy atom. The van der Waals surface area contributed by atoms with Crippen LogP contribution in [0.25, 0.3) is 10.9 Å². The lowest BCUT2D eigenvalue weighted by atomic mass is 9.92. The fourth-order valence-electron chi connectivity index (χ4n) is 4.21. The fourth-order valence-corrected chi connectivity index (χ4v) is 4.85. The third kappa shape index (κ3) is 2.83. The standard InChI is InChI=1S/C22H21N3OS/c1-26-19-9-5-3-7-17(19)22-21-16(15-6-2-4-8-18(15)24-21)10-12-25(22)14-20-23-11-13-27-20/h2-9,11,13,22,24H,10,12,14H2,1H3. The number of H-pyrrole nitrogens is 1. The number of fused-ring (bicyclic) bond motifs is 3. The molecule has 5 rings (SSSR count). The van der Waals surface area contributed by atoms with Crippen molar-refractivity contribution in [2.75, 3.05) is 13.7 Å². The molecule has 0 saturated heterocycles. The lowest BCUT2D eigenvalue weighted by Crippen LogP contribution is -2.35. The summed E-state index contributed by atoms with van der Waals surface area (Å²) in [5.41, 5.74) is 5.11. The number of nitrogens with zero attached hydrogens (tertiary/aromatic N) is 2. The van der Waals surface area contributed by atoms with E-state index < -0.39 is 0 Å². The molecule has 4 nitrogen and oxygen atoms in total. The second-order valence-electron chi connectivity index (χ2n) is 6.85. The Bertz CT molecular complexity index is 1070. The summed E-state index contributed by atoms with van der Waals surface area (Å²) in [5.74, 6) is 0.929. The number of nitrogens with one attached hydrogen (secondary N) is 1. The number of rotatable bonds is 4. The van der Waals surface area contributed by atoms with E-state index in [2.05, 4.69) is 51.3 Å². The van der Waals surface area contributed by atoms with Crippen molar-refractivity contribution in [1.29, 1.82) is 0 Å². The summed E-state index contributed by atoms with van der Waals surface area (Å²) in [5, 5.41) is 4.53. The van der Waals surface area contributed by atoms with Gasteiger partial charge in [0, 0.05) is 40.3 Å². The minimum Gasteiger partial charge on any atom is -0.496 e. The van der Waals surface area contributed by atoms with Crippen molar-refractivity contribution >= 4 is 22.2 Å². The Kier molecular flexibility index (Phi) is 4.19. The molecule has 1 atom stereocenters. The highest BCUT2D eigenvalue weighted by Crippen LogP contribution is 2.41. The summed E-state index contributed by atoms with van der Waals surface area (Å²) < 4.78 is 5.72. The highest BCUT2D eigenvalue weighted by Gasteiger charge is 2.33. The van der Waals surface area contributed by atoms with Gasteiger partial charge in [-0.05, 0) is 24.1 Å². The van der Waals surface area contributed by atoms with E-state index >= 15 is 0 Å². The molecule has 136 valence electrons. The van der Waals surface area contributed by atoms with E-state index in [9.17, 15) is 0 Å². The van der Waals surface area contributed by atoms with E-state index in [0.717, 1.165) is 30.3 Å². The van der Waals surface area contributed by atoms with Gasteiger partial charge in [0.2, 0.25) is 0 Å². The van der Waals surface area contributed by atoms with Crippen LogP contribution in [-0.4, -0.2) is 28.5 Å². The predicted molar refractivity (Wildman–Crippen MR) is 109 cm³/mol. The highest BCUT2D eigenvalue weighted by molar-refractivity contribution is 7.09. The molecule has 0 fully saturated rings. The predicted octanol–water partition coefficient (Wildman–Crippen LogP) is 4.78. The minimum atomic E-state index is 0.126. The van der Waals surface area contributed by atoms with E-state index in [4.69, 9.17) is 4.74 Å². The van der Waals surface area contributed by atoms with Crippen LogP contribution in [0, 0.1) is 0 Å². The quantitative estimate of drug-likeness (QED) is 0.558. The molecule has 0 amide bonds. The van der Waals surface area contributed by atoms with Crippen molar-refractivity contribution in [3.05, 3.63) is 81.9 Å². The van der Waals surface area contributed by atoms with Crippen LogP contribution < -0.4 is 4.74 Å². The van der Waals surface area contributed by atoms with Crippen LogP contribution in [-0.2, 0) is 13.0 Å². The molecule has 1 unspecified atom stereocenters. The third-order valence-corrected chi connectivity index (χ3v) is 6.15. The smallest absolute Gasteiger partial charge is 0.124 e. The average molecular weight is 375 g/mol. The van der Waals surface area contributed by atoms with Crippen LogP contribution in [0.5, 0.6) is 5.75 Å². The van der Waals surface area contributed by atoms with Gasteiger partial charge >= 0.3 is 0 Å². The van der Waals surface area contributed by atoms with E-state index in [-0.39, 0.29) is 6.04 Å². The summed E-state index contributed by atoms with van der Waals surface area (Å²) in [4.78, 5) is 10.7. The molecular formula is C22H21N3OS. The number of para-hydroxylation sites is 2. The molecule has 0 radical (unpaired) electrons. The van der Waals surface area contributed by atoms with Gasteiger partial charge in [0.05, 0.1) is 19.7 Å². The average Bonchev–Trinajstić information content (AvgIpc) is 3.35. The first-order chi connectivity index (χ1) is 13.3. The highest BCUT2D eigenvalue weighted by atomic mass is 32.1. The molecule has 0 aliphatic carbocycles.